The van der Waals surface area contributed by atoms with Gasteiger partial charge in [-0.3, -0.25) is 9.59 Å². The van der Waals surface area contributed by atoms with E-state index in [9.17, 15) is 29.4 Å². The van der Waals surface area contributed by atoms with Crippen LogP contribution in [-0.2, 0) is 20.1 Å². The molecule has 3 rings (SSSR count). The number of carboxylic acid groups (broad SMARTS) is 1. The number of pyridine rings is 1. The molecule has 1 aliphatic heterocycles. The molecule has 0 radical (unpaired) electrons. The van der Waals surface area contributed by atoms with E-state index in [0.29, 0.717) is 4.90 Å². The van der Waals surface area contributed by atoms with Gasteiger partial charge < -0.3 is 15.9 Å². The summed E-state index contributed by atoms with van der Waals surface area (Å²) < 4.78 is 0. The van der Waals surface area contributed by atoms with E-state index in [0.717, 1.165) is 4.90 Å². The van der Waals surface area contributed by atoms with Crippen LogP contribution < -0.4 is 10.6 Å². The largest absolute Gasteiger partial charge is 0.477 e. The Morgan fingerprint density at radius 3 is 2.14 bits per heavy atom. The highest BCUT2D eigenvalue weighted by molar-refractivity contribution is 6.06. The molecule has 144 valence electrons. The second-order valence-electron chi connectivity index (χ2n) is 6.01. The molecule has 4 amide bonds. The molecule has 0 bridgehead atoms. The Balaban J connectivity index is 2.02. The number of anilines is 2. The highest BCUT2D eigenvalue weighted by Crippen LogP contribution is 2.33. The molecule has 10 heteroatoms. The maximum absolute atomic E-state index is 12.0. The summed E-state index contributed by atoms with van der Waals surface area (Å²) >= 11 is 0. The summed E-state index contributed by atoms with van der Waals surface area (Å²) in [6.07, 6.45) is 1.11. The predicted octanol–water partition coefficient (Wildman–Crippen LogP) is 0.677. The zero-order valence-electron chi connectivity index (χ0n) is 14.5. The molecule has 1 fully saturated rings. The fourth-order valence-corrected chi connectivity index (χ4v) is 2.99. The van der Waals surface area contributed by atoms with E-state index in [2.05, 4.69) is 4.98 Å². The maximum Gasteiger partial charge on any atom is 0.362 e. The van der Waals surface area contributed by atoms with E-state index in [1.807, 2.05) is 0 Å². The molecular formula is C18H16N4O6. The standard InChI is InChI=1S/C18H16N4O6/c19-17(27)21(13-3-1-2-10-20-13)12-6-4-11(5-7-12)18(28,16(25)26)22-14(23)8-9-15(22)24/h1-7,10,28H,8-9H2,(H2,19,27)(H,25,26). The average molecular weight is 384 g/mol. The highest BCUT2D eigenvalue weighted by Gasteiger charge is 2.52. The van der Waals surface area contributed by atoms with Gasteiger partial charge in [-0.25, -0.2) is 24.4 Å². The highest BCUT2D eigenvalue weighted by atomic mass is 16.4. The Bertz CT molecular complexity index is 930. The molecule has 10 nitrogen and oxygen atoms in total. The van der Waals surface area contributed by atoms with Crippen molar-refractivity contribution >= 4 is 35.3 Å². The number of nitrogens with zero attached hydrogens (tertiary/aromatic N) is 3. The third kappa shape index (κ3) is 3.05. The van der Waals surface area contributed by atoms with Crippen LogP contribution >= 0.6 is 0 Å². The van der Waals surface area contributed by atoms with Gasteiger partial charge in [0.2, 0.25) is 11.8 Å². The number of urea groups is 1. The van der Waals surface area contributed by atoms with Gasteiger partial charge in [-0.15, -0.1) is 0 Å². The second kappa shape index (κ2) is 7.08. The van der Waals surface area contributed by atoms with Gasteiger partial charge in [-0.1, -0.05) is 18.2 Å². The lowest BCUT2D eigenvalue weighted by molar-refractivity contribution is -0.192. The maximum atomic E-state index is 12.0. The molecule has 1 aromatic heterocycles. The number of carbonyl (C=O) groups excluding carboxylic acids is 3. The molecule has 0 saturated carbocycles. The molecule has 0 spiro atoms. The molecule has 2 heterocycles. The van der Waals surface area contributed by atoms with Crippen molar-refractivity contribution in [3.63, 3.8) is 0 Å². The minimum atomic E-state index is -2.86. The monoisotopic (exact) mass is 384 g/mol. The van der Waals surface area contributed by atoms with Crippen LogP contribution in [-0.4, -0.2) is 43.9 Å². The number of hydrogen-bond donors (Lipinski definition) is 3. The van der Waals surface area contributed by atoms with Crippen LogP contribution in [0.2, 0.25) is 0 Å². The number of carboxylic acids is 1. The van der Waals surface area contributed by atoms with E-state index in [-0.39, 0.29) is 29.9 Å². The normalized spacial score (nSPS) is 16.0. The number of primary amides is 1. The van der Waals surface area contributed by atoms with Crippen LogP contribution in [0.25, 0.3) is 0 Å². The summed E-state index contributed by atoms with van der Waals surface area (Å²) in [5.74, 6) is -3.11. The summed E-state index contributed by atoms with van der Waals surface area (Å²) in [4.78, 5) is 53.0. The molecule has 1 unspecified atom stereocenters. The van der Waals surface area contributed by atoms with Crippen LogP contribution in [0.15, 0.2) is 48.7 Å². The SMILES string of the molecule is NC(=O)N(c1ccc(C(O)(C(=O)O)N2C(=O)CCC2=O)cc1)c1ccccn1. The zero-order chi connectivity index (χ0) is 20.5. The Labute approximate surface area is 158 Å². The van der Waals surface area contributed by atoms with Gasteiger partial charge in [0.15, 0.2) is 0 Å². The molecule has 1 aliphatic rings. The van der Waals surface area contributed by atoms with Crippen LogP contribution in [0.3, 0.4) is 0 Å². The van der Waals surface area contributed by atoms with Crippen molar-refractivity contribution in [1.82, 2.24) is 9.88 Å². The van der Waals surface area contributed by atoms with Crippen molar-refractivity contribution in [2.75, 3.05) is 4.90 Å². The van der Waals surface area contributed by atoms with E-state index < -0.39 is 29.5 Å². The first-order chi connectivity index (χ1) is 13.3. The van der Waals surface area contributed by atoms with Crippen molar-refractivity contribution in [2.24, 2.45) is 5.73 Å². The molecule has 0 aliphatic carbocycles. The average Bonchev–Trinajstić information content (AvgIpc) is 3.01. The number of imide groups is 1. The second-order valence-corrected chi connectivity index (χ2v) is 6.01. The smallest absolute Gasteiger partial charge is 0.362 e. The molecule has 28 heavy (non-hydrogen) atoms. The molecule has 4 N–H and O–H groups in total. The molecule has 1 aromatic carbocycles. The summed E-state index contributed by atoms with van der Waals surface area (Å²) in [7, 11) is 0. The Kier molecular flexibility index (Phi) is 4.80. The quantitative estimate of drug-likeness (QED) is 0.640. The third-order valence-electron chi connectivity index (χ3n) is 4.30. The topological polar surface area (TPSA) is 154 Å². The fourth-order valence-electron chi connectivity index (χ4n) is 2.99. The first-order valence-corrected chi connectivity index (χ1v) is 8.19. The van der Waals surface area contributed by atoms with E-state index in [1.54, 1.807) is 18.2 Å². The Morgan fingerprint density at radius 2 is 1.68 bits per heavy atom. The van der Waals surface area contributed by atoms with Crippen molar-refractivity contribution in [2.45, 2.75) is 18.6 Å². The van der Waals surface area contributed by atoms with E-state index >= 15 is 0 Å². The van der Waals surface area contributed by atoms with Gasteiger partial charge in [0.05, 0.1) is 5.69 Å². The number of rotatable bonds is 5. The Hall–Kier alpha value is -3.79. The van der Waals surface area contributed by atoms with Gasteiger partial charge in [-0.05, 0) is 24.3 Å². The minimum Gasteiger partial charge on any atom is -0.477 e. The first kappa shape index (κ1) is 19.0. The van der Waals surface area contributed by atoms with Gasteiger partial charge in [0.1, 0.15) is 5.82 Å². The Morgan fingerprint density at radius 1 is 1.07 bits per heavy atom. The number of benzene rings is 1. The number of likely N-dealkylation sites (tertiary alicyclic amines) is 1. The van der Waals surface area contributed by atoms with Crippen molar-refractivity contribution < 1.29 is 29.4 Å². The lowest BCUT2D eigenvalue weighted by Gasteiger charge is -2.32. The molecule has 1 atom stereocenters. The fraction of sp³-hybridized carbons (Fsp3) is 0.167. The zero-order valence-corrected chi connectivity index (χ0v) is 14.5. The van der Waals surface area contributed by atoms with E-state index in [1.165, 1.54) is 30.5 Å². The predicted molar refractivity (Wildman–Crippen MR) is 95.0 cm³/mol. The van der Waals surface area contributed by atoms with Crippen LogP contribution in [0.1, 0.15) is 18.4 Å². The van der Waals surface area contributed by atoms with Crippen LogP contribution in [0.5, 0.6) is 0 Å². The first-order valence-electron chi connectivity index (χ1n) is 8.19. The number of carbonyl (C=O) groups is 4. The van der Waals surface area contributed by atoms with Crippen molar-refractivity contribution in [3.8, 4) is 0 Å². The number of aliphatic carboxylic acids is 1. The number of amides is 4. The summed E-state index contributed by atoms with van der Waals surface area (Å²) in [5.41, 5.74) is 2.59. The number of hydrogen-bond acceptors (Lipinski definition) is 6. The lowest BCUT2D eigenvalue weighted by atomic mass is 10.0. The number of aromatic nitrogens is 1. The van der Waals surface area contributed by atoms with Gasteiger partial charge in [0.25, 0.3) is 5.72 Å². The van der Waals surface area contributed by atoms with Crippen LogP contribution in [0, 0.1) is 0 Å². The minimum absolute atomic E-state index is 0.179. The molecule has 2 aromatic rings. The third-order valence-corrected chi connectivity index (χ3v) is 4.30. The van der Waals surface area contributed by atoms with Crippen molar-refractivity contribution in [3.05, 3.63) is 54.2 Å². The molecule has 1 saturated heterocycles. The number of aliphatic hydroxyl groups is 1. The summed E-state index contributed by atoms with van der Waals surface area (Å²) in [5, 5.41) is 20.3. The van der Waals surface area contributed by atoms with Gasteiger partial charge in [0, 0.05) is 24.6 Å². The number of nitrogens with two attached hydrogens (primary N) is 1. The van der Waals surface area contributed by atoms with E-state index in [4.69, 9.17) is 5.73 Å². The molecular weight excluding hydrogens is 368 g/mol. The lowest BCUT2D eigenvalue weighted by Crippen LogP contribution is -2.54. The summed E-state index contributed by atoms with van der Waals surface area (Å²) in [6, 6.07) is 9.07. The van der Waals surface area contributed by atoms with Gasteiger partial charge >= 0.3 is 12.0 Å². The van der Waals surface area contributed by atoms with Crippen molar-refractivity contribution in [1.29, 1.82) is 0 Å². The van der Waals surface area contributed by atoms with Gasteiger partial charge in [-0.2, -0.15) is 0 Å². The summed E-state index contributed by atoms with van der Waals surface area (Å²) in [6.45, 7) is 0. The van der Waals surface area contributed by atoms with Crippen LogP contribution in [0.4, 0.5) is 16.3 Å².